The Bertz CT molecular complexity index is 858. The van der Waals surface area contributed by atoms with Crippen molar-refractivity contribution < 1.29 is 4.79 Å². The molecule has 4 rings (SSSR count). The Hall–Kier alpha value is -2.30. The van der Waals surface area contributed by atoms with E-state index in [9.17, 15) is 4.79 Å². The van der Waals surface area contributed by atoms with Crippen molar-refractivity contribution in [1.29, 1.82) is 0 Å². The molecule has 2 N–H and O–H groups in total. The molecule has 0 unspecified atom stereocenters. The molecule has 1 amide bonds. The zero-order valence-electron chi connectivity index (χ0n) is 12.0. The molecule has 23 heavy (non-hydrogen) atoms. The van der Waals surface area contributed by atoms with Gasteiger partial charge in [-0.15, -0.1) is 11.3 Å². The van der Waals surface area contributed by atoms with E-state index in [-0.39, 0.29) is 12.1 Å². The molecule has 2 aromatic carbocycles. The maximum atomic E-state index is 12.6. The van der Waals surface area contributed by atoms with Gasteiger partial charge in [0.15, 0.2) is 0 Å². The van der Waals surface area contributed by atoms with Crippen LogP contribution in [0.3, 0.4) is 0 Å². The van der Waals surface area contributed by atoms with E-state index in [2.05, 4.69) is 10.6 Å². The highest BCUT2D eigenvalue weighted by molar-refractivity contribution is 7.15. The Balaban J connectivity index is 1.70. The van der Waals surface area contributed by atoms with Crippen LogP contribution in [-0.2, 0) is 0 Å². The predicted octanol–water partition coefficient (Wildman–Crippen LogP) is 4.92. The van der Waals surface area contributed by atoms with Crippen LogP contribution in [0.4, 0.5) is 5.00 Å². The van der Waals surface area contributed by atoms with Crippen molar-refractivity contribution in [2.75, 3.05) is 5.32 Å². The van der Waals surface area contributed by atoms with Gasteiger partial charge in [0.25, 0.3) is 5.91 Å². The van der Waals surface area contributed by atoms with Crippen LogP contribution in [0.2, 0.25) is 5.02 Å². The highest BCUT2D eigenvalue weighted by Crippen LogP contribution is 2.39. The van der Waals surface area contributed by atoms with Crippen LogP contribution in [0.1, 0.15) is 22.1 Å². The zero-order valence-corrected chi connectivity index (χ0v) is 13.6. The van der Waals surface area contributed by atoms with Crippen LogP contribution in [-0.4, -0.2) is 5.91 Å². The van der Waals surface area contributed by atoms with E-state index in [1.807, 2.05) is 60.0 Å². The van der Waals surface area contributed by atoms with Crippen molar-refractivity contribution in [3.8, 4) is 11.1 Å². The summed E-state index contributed by atoms with van der Waals surface area (Å²) in [6, 6.07) is 17.4. The Morgan fingerprint density at radius 2 is 1.70 bits per heavy atom. The van der Waals surface area contributed by atoms with Crippen LogP contribution in [0.5, 0.6) is 0 Å². The van der Waals surface area contributed by atoms with E-state index in [0.717, 1.165) is 21.7 Å². The standard InChI is InChI=1S/C18H13ClN2OS/c19-13-8-6-12(7-9-13)16-20-17(22)15-14(10-23-18(15)21-16)11-4-2-1-3-5-11/h1-10,16,21H,(H,20,22)/t16-/m1/s1. The summed E-state index contributed by atoms with van der Waals surface area (Å²) in [5.41, 5.74) is 3.70. The summed E-state index contributed by atoms with van der Waals surface area (Å²) in [6.07, 6.45) is -0.241. The predicted molar refractivity (Wildman–Crippen MR) is 95.0 cm³/mol. The first-order chi connectivity index (χ1) is 11.2. The second-order valence-corrected chi connectivity index (χ2v) is 6.64. The van der Waals surface area contributed by atoms with Gasteiger partial charge in [-0.25, -0.2) is 0 Å². The van der Waals surface area contributed by atoms with Crippen LogP contribution in [0, 0.1) is 0 Å². The van der Waals surface area contributed by atoms with Gasteiger partial charge in [-0.05, 0) is 23.3 Å². The number of fused-ring (bicyclic) bond motifs is 1. The van der Waals surface area contributed by atoms with E-state index in [1.165, 1.54) is 0 Å². The first kappa shape index (κ1) is 14.3. The van der Waals surface area contributed by atoms with Crippen molar-refractivity contribution in [1.82, 2.24) is 5.32 Å². The molecule has 1 aromatic heterocycles. The lowest BCUT2D eigenvalue weighted by Gasteiger charge is -2.26. The number of rotatable bonds is 2. The van der Waals surface area contributed by atoms with Gasteiger partial charge in [-0.3, -0.25) is 4.79 Å². The van der Waals surface area contributed by atoms with Crippen molar-refractivity contribution in [2.24, 2.45) is 0 Å². The molecule has 0 saturated carbocycles. The smallest absolute Gasteiger partial charge is 0.256 e. The quantitative estimate of drug-likeness (QED) is 0.695. The lowest BCUT2D eigenvalue weighted by Crippen LogP contribution is -2.37. The van der Waals surface area contributed by atoms with Gasteiger partial charge >= 0.3 is 0 Å². The summed E-state index contributed by atoms with van der Waals surface area (Å²) in [5.74, 6) is -0.0567. The third-order valence-electron chi connectivity index (χ3n) is 3.86. The normalized spacial score (nSPS) is 16.4. The summed E-state index contributed by atoms with van der Waals surface area (Å²) in [5, 5.41) is 10.0. The number of carbonyl (C=O) groups is 1. The number of nitrogens with one attached hydrogen (secondary N) is 2. The van der Waals surface area contributed by atoms with Gasteiger partial charge in [-0.1, -0.05) is 54.1 Å². The van der Waals surface area contributed by atoms with Gasteiger partial charge in [0.1, 0.15) is 11.2 Å². The van der Waals surface area contributed by atoms with E-state index in [4.69, 9.17) is 11.6 Å². The van der Waals surface area contributed by atoms with Gasteiger partial charge in [0, 0.05) is 16.0 Å². The summed E-state index contributed by atoms with van der Waals surface area (Å²) < 4.78 is 0. The molecule has 1 aliphatic heterocycles. The molecule has 114 valence electrons. The van der Waals surface area contributed by atoms with Gasteiger partial charge in [0.2, 0.25) is 0 Å². The Labute approximate surface area is 142 Å². The average molecular weight is 341 g/mol. The minimum atomic E-state index is -0.241. The molecule has 0 radical (unpaired) electrons. The van der Waals surface area contributed by atoms with Crippen LogP contribution in [0.25, 0.3) is 11.1 Å². The van der Waals surface area contributed by atoms with Crippen molar-refractivity contribution in [2.45, 2.75) is 6.17 Å². The van der Waals surface area contributed by atoms with Crippen molar-refractivity contribution >= 4 is 33.8 Å². The highest BCUT2D eigenvalue weighted by atomic mass is 35.5. The summed E-state index contributed by atoms with van der Waals surface area (Å²) in [6.45, 7) is 0. The molecular weight excluding hydrogens is 328 g/mol. The minimum absolute atomic E-state index is 0.0567. The molecule has 0 aliphatic carbocycles. The van der Waals surface area contributed by atoms with E-state index in [0.29, 0.717) is 10.6 Å². The van der Waals surface area contributed by atoms with Gasteiger partial charge in [-0.2, -0.15) is 0 Å². The molecule has 0 spiro atoms. The molecule has 1 aliphatic rings. The van der Waals surface area contributed by atoms with Gasteiger partial charge < -0.3 is 10.6 Å². The van der Waals surface area contributed by atoms with E-state index in [1.54, 1.807) is 11.3 Å². The first-order valence-electron chi connectivity index (χ1n) is 7.22. The topological polar surface area (TPSA) is 41.1 Å². The van der Waals surface area contributed by atoms with Crippen LogP contribution >= 0.6 is 22.9 Å². The lowest BCUT2D eigenvalue weighted by molar-refractivity contribution is 0.0937. The van der Waals surface area contributed by atoms with Crippen LogP contribution in [0.15, 0.2) is 60.0 Å². The zero-order chi connectivity index (χ0) is 15.8. The highest BCUT2D eigenvalue weighted by Gasteiger charge is 2.29. The monoisotopic (exact) mass is 340 g/mol. The maximum absolute atomic E-state index is 12.6. The SMILES string of the molecule is O=C1N[C@@H](c2ccc(Cl)cc2)Nc2scc(-c3ccccc3)c21. The maximum Gasteiger partial charge on any atom is 0.256 e. The minimum Gasteiger partial charge on any atom is -0.353 e. The van der Waals surface area contributed by atoms with Crippen LogP contribution < -0.4 is 10.6 Å². The fourth-order valence-corrected chi connectivity index (χ4v) is 3.83. The molecule has 0 fully saturated rings. The second-order valence-electron chi connectivity index (χ2n) is 5.32. The number of halogens is 1. The summed E-state index contributed by atoms with van der Waals surface area (Å²) >= 11 is 7.48. The first-order valence-corrected chi connectivity index (χ1v) is 8.48. The molecule has 0 saturated heterocycles. The molecule has 5 heteroatoms. The number of hydrogen-bond donors (Lipinski definition) is 2. The number of benzene rings is 2. The molecule has 3 nitrogen and oxygen atoms in total. The Kier molecular flexibility index (Phi) is 3.56. The van der Waals surface area contributed by atoms with E-state index < -0.39 is 0 Å². The van der Waals surface area contributed by atoms with Crippen molar-refractivity contribution in [3.05, 3.63) is 76.1 Å². The number of hydrogen-bond acceptors (Lipinski definition) is 3. The number of carbonyl (C=O) groups excluding carboxylic acids is 1. The Morgan fingerprint density at radius 3 is 2.43 bits per heavy atom. The average Bonchev–Trinajstić information content (AvgIpc) is 3.01. The largest absolute Gasteiger partial charge is 0.353 e. The molecule has 0 bridgehead atoms. The summed E-state index contributed by atoms with van der Waals surface area (Å²) in [4.78, 5) is 12.6. The fourth-order valence-electron chi connectivity index (χ4n) is 2.71. The fraction of sp³-hybridized carbons (Fsp3) is 0.0556. The third kappa shape index (κ3) is 2.60. The number of thiophene rings is 1. The number of anilines is 1. The molecule has 2 heterocycles. The second kappa shape index (κ2) is 5.72. The third-order valence-corrected chi connectivity index (χ3v) is 5.02. The van der Waals surface area contributed by atoms with Crippen molar-refractivity contribution in [3.63, 3.8) is 0 Å². The molecule has 1 atom stereocenters. The lowest BCUT2D eigenvalue weighted by atomic mass is 10.0. The number of amides is 1. The van der Waals surface area contributed by atoms with E-state index >= 15 is 0 Å². The molecule has 3 aromatic rings. The Morgan fingerprint density at radius 1 is 0.957 bits per heavy atom. The molecular formula is C18H13ClN2OS. The summed E-state index contributed by atoms with van der Waals surface area (Å²) in [7, 11) is 0. The van der Waals surface area contributed by atoms with Gasteiger partial charge in [0.05, 0.1) is 5.56 Å².